The van der Waals surface area contributed by atoms with Crippen LogP contribution in [0.1, 0.15) is 12.0 Å². The van der Waals surface area contributed by atoms with Gasteiger partial charge >= 0.3 is 0 Å². The number of benzene rings is 2. The molecule has 0 N–H and O–H groups in total. The Labute approximate surface area is 186 Å². The van der Waals surface area contributed by atoms with Crippen molar-refractivity contribution in [3.63, 3.8) is 0 Å². The van der Waals surface area contributed by atoms with Crippen molar-refractivity contribution < 1.29 is 9.47 Å². The van der Waals surface area contributed by atoms with Crippen molar-refractivity contribution in [1.29, 1.82) is 0 Å². The average Bonchev–Trinajstić information content (AvgIpc) is 3.24. The number of aryl methyl sites for hydroxylation is 1. The van der Waals surface area contributed by atoms with Crippen molar-refractivity contribution in [3.05, 3.63) is 78.6 Å². The topological polar surface area (TPSA) is 62.1 Å². The van der Waals surface area contributed by atoms with E-state index in [1.807, 2.05) is 48.5 Å². The average molecular weight is 433 g/mol. The molecule has 0 unspecified atom stereocenters. The molecule has 7 heteroatoms. The molecule has 6 nitrogen and oxygen atoms in total. The zero-order chi connectivity index (χ0) is 21.5. The van der Waals surface area contributed by atoms with E-state index in [1.54, 1.807) is 31.3 Å². The van der Waals surface area contributed by atoms with Crippen LogP contribution in [0.5, 0.6) is 11.5 Å². The fraction of sp³-hybridized carbons (Fsp3) is 0.208. The van der Waals surface area contributed by atoms with E-state index < -0.39 is 0 Å². The molecule has 4 aromatic rings. The lowest BCUT2D eigenvalue weighted by atomic mass is 10.2. The summed E-state index contributed by atoms with van der Waals surface area (Å²) in [4.78, 5) is 4.12. The second-order valence-electron chi connectivity index (χ2n) is 6.89. The highest BCUT2D eigenvalue weighted by Gasteiger charge is 2.17. The monoisotopic (exact) mass is 432 g/mol. The molecule has 0 spiro atoms. The number of nitrogens with zero attached hydrogens (tertiary/aromatic N) is 4. The molecule has 4 rings (SSSR count). The van der Waals surface area contributed by atoms with Crippen molar-refractivity contribution in [2.45, 2.75) is 18.5 Å². The van der Waals surface area contributed by atoms with Gasteiger partial charge in [0.2, 0.25) is 0 Å². The lowest BCUT2D eigenvalue weighted by Gasteiger charge is -2.13. The zero-order valence-electron chi connectivity index (χ0n) is 17.6. The van der Waals surface area contributed by atoms with E-state index in [4.69, 9.17) is 9.47 Å². The van der Waals surface area contributed by atoms with Crippen LogP contribution < -0.4 is 9.47 Å². The Bertz CT molecular complexity index is 1110. The first kappa shape index (κ1) is 20.9. The van der Waals surface area contributed by atoms with Gasteiger partial charge in [0.15, 0.2) is 11.0 Å². The Morgan fingerprint density at radius 3 is 2.39 bits per heavy atom. The maximum absolute atomic E-state index is 5.83. The van der Waals surface area contributed by atoms with E-state index in [2.05, 4.69) is 38.8 Å². The number of aromatic nitrogens is 4. The molecule has 0 saturated carbocycles. The predicted molar refractivity (Wildman–Crippen MR) is 123 cm³/mol. The predicted octanol–water partition coefficient (Wildman–Crippen LogP) is 5.21. The van der Waals surface area contributed by atoms with Gasteiger partial charge in [0.05, 0.1) is 19.4 Å². The minimum Gasteiger partial charge on any atom is -0.497 e. The number of rotatable bonds is 9. The standard InChI is InChI=1S/C24H24N4O2S/c1-18-6-3-4-7-22(18)28-23(19-12-14-25-15-13-19)26-27-24(28)31-17-5-16-30-21-10-8-20(29-2)9-11-21/h3-4,6-15H,5,16-17H2,1-2H3. The molecule has 0 atom stereocenters. The van der Waals surface area contributed by atoms with Crippen molar-refractivity contribution in [2.24, 2.45) is 0 Å². The Morgan fingerprint density at radius 1 is 0.903 bits per heavy atom. The van der Waals surface area contributed by atoms with Crippen LogP contribution in [-0.4, -0.2) is 39.2 Å². The maximum atomic E-state index is 5.83. The highest BCUT2D eigenvalue weighted by molar-refractivity contribution is 7.99. The quantitative estimate of drug-likeness (QED) is 0.267. The Morgan fingerprint density at radius 2 is 1.65 bits per heavy atom. The van der Waals surface area contributed by atoms with E-state index in [1.165, 1.54) is 5.56 Å². The second-order valence-corrected chi connectivity index (χ2v) is 7.95. The van der Waals surface area contributed by atoms with E-state index in [9.17, 15) is 0 Å². The summed E-state index contributed by atoms with van der Waals surface area (Å²) in [7, 11) is 1.66. The normalized spacial score (nSPS) is 10.8. The van der Waals surface area contributed by atoms with Gasteiger partial charge in [0.25, 0.3) is 0 Å². The van der Waals surface area contributed by atoms with Crippen LogP contribution in [0.15, 0.2) is 78.2 Å². The highest BCUT2D eigenvalue weighted by atomic mass is 32.2. The fourth-order valence-corrected chi connectivity index (χ4v) is 4.02. The summed E-state index contributed by atoms with van der Waals surface area (Å²) in [6.07, 6.45) is 4.44. The second kappa shape index (κ2) is 10.1. The van der Waals surface area contributed by atoms with Gasteiger partial charge in [0.1, 0.15) is 11.5 Å². The molecular formula is C24H24N4O2S. The largest absolute Gasteiger partial charge is 0.497 e. The number of ether oxygens (including phenoxy) is 2. The van der Waals surface area contributed by atoms with Crippen LogP contribution >= 0.6 is 11.8 Å². The molecule has 158 valence electrons. The molecule has 0 radical (unpaired) electrons. The Balaban J connectivity index is 1.45. The highest BCUT2D eigenvalue weighted by Crippen LogP contribution is 2.29. The minimum atomic E-state index is 0.634. The maximum Gasteiger partial charge on any atom is 0.196 e. The molecule has 2 aromatic carbocycles. The third kappa shape index (κ3) is 5.06. The molecule has 0 amide bonds. The Kier molecular flexibility index (Phi) is 6.84. The van der Waals surface area contributed by atoms with E-state index in [-0.39, 0.29) is 0 Å². The first-order valence-corrected chi connectivity index (χ1v) is 11.1. The van der Waals surface area contributed by atoms with Crippen molar-refractivity contribution in [3.8, 4) is 28.6 Å². The van der Waals surface area contributed by atoms with E-state index >= 15 is 0 Å². The SMILES string of the molecule is COc1ccc(OCCCSc2nnc(-c3ccncc3)n2-c2ccccc2C)cc1. The van der Waals surface area contributed by atoms with E-state index in [0.29, 0.717) is 6.61 Å². The molecule has 0 aliphatic heterocycles. The van der Waals surface area contributed by atoms with Crippen LogP contribution in [-0.2, 0) is 0 Å². The number of pyridine rings is 1. The molecule has 0 saturated heterocycles. The summed E-state index contributed by atoms with van der Waals surface area (Å²) in [5, 5.41) is 9.84. The van der Waals surface area contributed by atoms with Crippen molar-refractivity contribution in [2.75, 3.05) is 19.5 Å². The van der Waals surface area contributed by atoms with Crippen molar-refractivity contribution in [1.82, 2.24) is 19.7 Å². The van der Waals surface area contributed by atoms with Gasteiger partial charge in [-0.15, -0.1) is 10.2 Å². The van der Waals surface area contributed by atoms with Crippen LogP contribution in [0.25, 0.3) is 17.1 Å². The summed E-state index contributed by atoms with van der Waals surface area (Å²) >= 11 is 1.68. The van der Waals surface area contributed by atoms with Crippen LogP contribution in [0.4, 0.5) is 0 Å². The molecule has 31 heavy (non-hydrogen) atoms. The molecule has 0 aliphatic rings. The molecule has 0 bridgehead atoms. The number of hydrogen-bond donors (Lipinski definition) is 0. The zero-order valence-corrected chi connectivity index (χ0v) is 18.4. The summed E-state index contributed by atoms with van der Waals surface area (Å²) < 4.78 is 13.1. The Hall–Kier alpha value is -3.32. The lowest BCUT2D eigenvalue weighted by molar-refractivity contribution is 0.318. The number of thioether (sulfide) groups is 1. The van der Waals surface area contributed by atoms with Crippen LogP contribution in [0.2, 0.25) is 0 Å². The molecule has 0 aliphatic carbocycles. The summed E-state index contributed by atoms with van der Waals surface area (Å²) in [6.45, 7) is 2.73. The van der Waals surface area contributed by atoms with Gasteiger partial charge in [-0.05, 0) is 61.4 Å². The van der Waals surface area contributed by atoms with Gasteiger partial charge in [-0.1, -0.05) is 30.0 Å². The number of methoxy groups -OCH3 is 1. The van der Waals surface area contributed by atoms with Gasteiger partial charge in [-0.2, -0.15) is 0 Å². The van der Waals surface area contributed by atoms with Crippen molar-refractivity contribution >= 4 is 11.8 Å². The van der Waals surface area contributed by atoms with Gasteiger partial charge in [-0.3, -0.25) is 9.55 Å². The minimum absolute atomic E-state index is 0.634. The van der Waals surface area contributed by atoms with Crippen LogP contribution in [0.3, 0.4) is 0 Å². The van der Waals surface area contributed by atoms with Crippen LogP contribution in [0, 0.1) is 6.92 Å². The first-order valence-electron chi connectivity index (χ1n) is 10.1. The first-order chi connectivity index (χ1) is 15.3. The third-order valence-corrected chi connectivity index (χ3v) is 5.79. The summed E-state index contributed by atoms with van der Waals surface area (Å²) in [6, 6.07) is 19.8. The number of hydrogen-bond acceptors (Lipinski definition) is 6. The van der Waals surface area contributed by atoms with Gasteiger partial charge < -0.3 is 9.47 Å². The molecule has 2 heterocycles. The van der Waals surface area contributed by atoms with Gasteiger partial charge in [-0.25, -0.2) is 0 Å². The lowest BCUT2D eigenvalue weighted by Crippen LogP contribution is -2.03. The van der Waals surface area contributed by atoms with E-state index in [0.717, 1.165) is 45.9 Å². The third-order valence-electron chi connectivity index (χ3n) is 4.78. The molecule has 2 aromatic heterocycles. The summed E-state index contributed by atoms with van der Waals surface area (Å²) in [5.41, 5.74) is 3.24. The molecule has 0 fully saturated rings. The molecular weight excluding hydrogens is 408 g/mol. The fourth-order valence-electron chi connectivity index (χ4n) is 3.17. The summed E-state index contributed by atoms with van der Waals surface area (Å²) in [5.74, 6) is 3.35. The van der Waals surface area contributed by atoms with Gasteiger partial charge in [0, 0.05) is 23.7 Å². The smallest absolute Gasteiger partial charge is 0.196 e. The number of para-hydroxylation sites is 1.